The van der Waals surface area contributed by atoms with Gasteiger partial charge in [0.25, 0.3) is 0 Å². The minimum atomic E-state index is -1.04. The Balaban J connectivity index is 1.80. The smallest absolute Gasteiger partial charge is 0.103 e. The van der Waals surface area contributed by atoms with Crippen LogP contribution in [0.4, 0.5) is 0 Å². The van der Waals surface area contributed by atoms with Gasteiger partial charge in [-0.3, -0.25) is 0 Å². The van der Waals surface area contributed by atoms with Gasteiger partial charge in [-0.05, 0) is 49.7 Å². The van der Waals surface area contributed by atoms with E-state index in [0.717, 1.165) is 16.3 Å². The highest BCUT2D eigenvalue weighted by Crippen LogP contribution is 2.38. The predicted octanol–water partition coefficient (Wildman–Crippen LogP) is 6.63. The fraction of sp³-hybridized carbons (Fsp3) is 0.208. The highest BCUT2D eigenvalue weighted by Gasteiger charge is 2.24. The SMILES string of the molecule is CC(c1ccccc1)c1ccc(-c2cc(C(C)(C)O)nn2-c2ccccc2Cl)s1. The van der Waals surface area contributed by atoms with Crippen molar-refractivity contribution in [1.29, 1.82) is 0 Å². The molecule has 0 aliphatic heterocycles. The highest BCUT2D eigenvalue weighted by molar-refractivity contribution is 7.15. The summed E-state index contributed by atoms with van der Waals surface area (Å²) in [6.07, 6.45) is 0. The van der Waals surface area contributed by atoms with Gasteiger partial charge in [0.1, 0.15) is 5.60 Å². The summed E-state index contributed by atoms with van der Waals surface area (Å²) in [5.74, 6) is 0.306. The standard InChI is InChI=1S/C24H23ClN2OS/c1-16(17-9-5-4-6-10-17)21-13-14-22(29-21)20-15-23(24(2,3)28)26-27(20)19-12-8-7-11-18(19)25/h4-16,28H,1-3H3. The molecule has 0 aliphatic carbocycles. The zero-order chi connectivity index (χ0) is 20.6. The molecule has 0 aliphatic rings. The summed E-state index contributed by atoms with van der Waals surface area (Å²) in [7, 11) is 0. The molecule has 1 N–H and O–H groups in total. The molecule has 3 nitrogen and oxygen atoms in total. The largest absolute Gasteiger partial charge is 0.384 e. The molecule has 148 valence electrons. The molecule has 0 spiro atoms. The van der Waals surface area contributed by atoms with Gasteiger partial charge in [0.15, 0.2) is 0 Å². The van der Waals surface area contributed by atoms with E-state index in [1.165, 1.54) is 10.4 Å². The molecule has 4 rings (SSSR count). The van der Waals surface area contributed by atoms with Crippen LogP contribution in [0, 0.1) is 0 Å². The molecule has 0 saturated heterocycles. The van der Waals surface area contributed by atoms with E-state index in [1.807, 2.05) is 41.1 Å². The normalized spacial score (nSPS) is 12.9. The summed E-state index contributed by atoms with van der Waals surface area (Å²) >= 11 is 8.20. The van der Waals surface area contributed by atoms with Crippen LogP contribution >= 0.6 is 22.9 Å². The van der Waals surface area contributed by atoms with Crippen LogP contribution in [-0.2, 0) is 5.60 Å². The number of hydrogen-bond acceptors (Lipinski definition) is 3. The van der Waals surface area contributed by atoms with Crippen molar-refractivity contribution in [2.75, 3.05) is 0 Å². The molecule has 2 aromatic heterocycles. The van der Waals surface area contributed by atoms with Gasteiger partial charge in [-0.25, -0.2) is 4.68 Å². The maximum atomic E-state index is 10.5. The lowest BCUT2D eigenvalue weighted by Crippen LogP contribution is -2.16. The molecule has 0 radical (unpaired) electrons. The summed E-state index contributed by atoms with van der Waals surface area (Å²) in [4.78, 5) is 2.37. The Morgan fingerprint density at radius 2 is 1.69 bits per heavy atom. The van der Waals surface area contributed by atoms with Crippen LogP contribution in [0.25, 0.3) is 16.3 Å². The Hall–Kier alpha value is -2.40. The monoisotopic (exact) mass is 422 g/mol. The topological polar surface area (TPSA) is 38.1 Å². The minimum absolute atomic E-state index is 0.306. The summed E-state index contributed by atoms with van der Waals surface area (Å²) < 4.78 is 1.83. The van der Waals surface area contributed by atoms with Gasteiger partial charge in [0, 0.05) is 10.8 Å². The maximum absolute atomic E-state index is 10.5. The molecule has 4 aromatic rings. The summed E-state index contributed by atoms with van der Waals surface area (Å²) in [5.41, 5.74) is 2.58. The molecule has 29 heavy (non-hydrogen) atoms. The van der Waals surface area contributed by atoms with Crippen LogP contribution in [0.2, 0.25) is 5.02 Å². The van der Waals surface area contributed by atoms with Crippen LogP contribution in [0.1, 0.15) is 42.8 Å². The lowest BCUT2D eigenvalue weighted by atomic mass is 10.00. The summed E-state index contributed by atoms with van der Waals surface area (Å²) in [6, 6.07) is 24.4. The summed E-state index contributed by atoms with van der Waals surface area (Å²) in [5, 5.41) is 15.8. The zero-order valence-corrected chi connectivity index (χ0v) is 18.2. The van der Waals surface area contributed by atoms with E-state index < -0.39 is 5.60 Å². The summed E-state index contributed by atoms with van der Waals surface area (Å²) in [6.45, 7) is 5.71. The molecular weight excluding hydrogens is 400 g/mol. The van der Waals surface area contributed by atoms with E-state index >= 15 is 0 Å². The first-order chi connectivity index (χ1) is 13.8. The molecule has 1 atom stereocenters. The van der Waals surface area contributed by atoms with E-state index in [1.54, 1.807) is 25.2 Å². The number of para-hydroxylation sites is 1. The highest BCUT2D eigenvalue weighted by atomic mass is 35.5. The molecule has 2 heterocycles. The van der Waals surface area contributed by atoms with Crippen molar-refractivity contribution in [2.45, 2.75) is 32.3 Å². The van der Waals surface area contributed by atoms with Crippen molar-refractivity contribution in [3.63, 3.8) is 0 Å². The van der Waals surface area contributed by atoms with Gasteiger partial charge in [0.2, 0.25) is 0 Å². The van der Waals surface area contributed by atoms with Crippen molar-refractivity contribution in [2.24, 2.45) is 0 Å². The van der Waals surface area contributed by atoms with E-state index in [0.29, 0.717) is 16.6 Å². The third-order valence-electron chi connectivity index (χ3n) is 5.02. The van der Waals surface area contributed by atoms with Crippen molar-refractivity contribution >= 4 is 22.9 Å². The second-order valence-electron chi connectivity index (χ2n) is 7.67. The lowest BCUT2D eigenvalue weighted by Gasteiger charge is -2.13. The number of nitrogens with zero attached hydrogens (tertiary/aromatic N) is 2. The number of rotatable bonds is 5. The lowest BCUT2D eigenvalue weighted by molar-refractivity contribution is 0.0734. The second kappa shape index (κ2) is 7.79. The van der Waals surface area contributed by atoms with Crippen molar-refractivity contribution < 1.29 is 5.11 Å². The van der Waals surface area contributed by atoms with Crippen molar-refractivity contribution in [1.82, 2.24) is 9.78 Å². The molecule has 0 saturated carbocycles. The molecular formula is C24H23ClN2OS. The first kappa shape index (κ1) is 19.9. The Kier molecular flexibility index (Phi) is 5.34. The molecule has 0 fully saturated rings. The first-order valence-electron chi connectivity index (χ1n) is 9.57. The van der Waals surface area contributed by atoms with Gasteiger partial charge in [-0.1, -0.05) is 61.0 Å². The van der Waals surface area contributed by atoms with Crippen LogP contribution < -0.4 is 0 Å². The first-order valence-corrected chi connectivity index (χ1v) is 10.8. The van der Waals surface area contributed by atoms with Crippen LogP contribution in [-0.4, -0.2) is 14.9 Å². The van der Waals surface area contributed by atoms with Gasteiger partial charge in [-0.15, -0.1) is 11.3 Å². The number of benzene rings is 2. The quantitative estimate of drug-likeness (QED) is 0.391. The van der Waals surface area contributed by atoms with Gasteiger partial charge >= 0.3 is 0 Å². The maximum Gasteiger partial charge on any atom is 0.103 e. The number of aliphatic hydroxyl groups is 1. The molecule has 0 bridgehead atoms. The second-order valence-corrected chi connectivity index (χ2v) is 9.19. The fourth-order valence-electron chi connectivity index (χ4n) is 3.29. The van der Waals surface area contributed by atoms with Crippen LogP contribution in [0.5, 0.6) is 0 Å². The van der Waals surface area contributed by atoms with Crippen molar-refractivity contribution in [3.8, 4) is 16.3 Å². The average Bonchev–Trinajstić information content (AvgIpc) is 3.35. The molecule has 5 heteroatoms. The van der Waals surface area contributed by atoms with Crippen LogP contribution in [0.3, 0.4) is 0 Å². The van der Waals surface area contributed by atoms with E-state index in [9.17, 15) is 5.11 Å². The minimum Gasteiger partial charge on any atom is -0.384 e. The average molecular weight is 423 g/mol. The fourth-order valence-corrected chi connectivity index (χ4v) is 4.60. The van der Waals surface area contributed by atoms with Gasteiger partial charge in [0.05, 0.1) is 27.0 Å². The van der Waals surface area contributed by atoms with Gasteiger partial charge in [-0.2, -0.15) is 5.10 Å². The number of hydrogen-bond donors (Lipinski definition) is 1. The Labute approximate surface area is 180 Å². The van der Waals surface area contributed by atoms with E-state index in [2.05, 4.69) is 43.3 Å². The van der Waals surface area contributed by atoms with Gasteiger partial charge < -0.3 is 5.11 Å². The van der Waals surface area contributed by atoms with E-state index in [4.69, 9.17) is 16.7 Å². The number of thiophene rings is 1. The molecule has 2 aromatic carbocycles. The third-order valence-corrected chi connectivity index (χ3v) is 6.63. The number of halogens is 1. The third kappa shape index (κ3) is 4.01. The molecule has 0 amide bonds. The Morgan fingerprint density at radius 1 is 1.00 bits per heavy atom. The Morgan fingerprint density at radius 3 is 2.38 bits per heavy atom. The number of aromatic nitrogens is 2. The van der Waals surface area contributed by atoms with Crippen molar-refractivity contribution in [3.05, 3.63) is 94.0 Å². The van der Waals surface area contributed by atoms with Crippen LogP contribution in [0.15, 0.2) is 72.8 Å². The van der Waals surface area contributed by atoms with E-state index in [-0.39, 0.29) is 0 Å². The Bertz CT molecular complexity index is 1130. The molecule has 1 unspecified atom stereocenters. The zero-order valence-electron chi connectivity index (χ0n) is 16.6. The predicted molar refractivity (Wildman–Crippen MR) is 121 cm³/mol.